The van der Waals surface area contributed by atoms with E-state index in [-0.39, 0.29) is 5.02 Å². The van der Waals surface area contributed by atoms with Gasteiger partial charge in [0.1, 0.15) is 11.6 Å². The molecular weight excluding hydrogens is 368 g/mol. The van der Waals surface area contributed by atoms with Gasteiger partial charge in [-0.15, -0.1) is 0 Å². The molecule has 0 aliphatic heterocycles. The van der Waals surface area contributed by atoms with E-state index >= 15 is 0 Å². The van der Waals surface area contributed by atoms with Crippen LogP contribution in [0.4, 0.5) is 10.2 Å². The van der Waals surface area contributed by atoms with Crippen molar-refractivity contribution in [2.24, 2.45) is 0 Å². The van der Waals surface area contributed by atoms with Gasteiger partial charge in [0.05, 0.1) is 14.3 Å². The molecule has 18 heavy (non-hydrogen) atoms. The number of hydrogen-bond donors (Lipinski definition) is 1. The normalized spacial score (nSPS) is 10.7. The van der Waals surface area contributed by atoms with Crippen LogP contribution in [0.15, 0.2) is 18.2 Å². The van der Waals surface area contributed by atoms with Crippen molar-refractivity contribution >= 4 is 40.0 Å². The Kier molecular flexibility index (Phi) is 4.01. The summed E-state index contributed by atoms with van der Waals surface area (Å²) in [4.78, 5) is 8.60. The molecule has 0 fully saturated rings. The molecule has 0 unspecified atom stereocenters. The minimum Gasteiger partial charge on any atom is -0.383 e. The quantitative estimate of drug-likeness (QED) is 0.812. The van der Waals surface area contributed by atoms with E-state index in [9.17, 15) is 4.39 Å². The first-order valence-electron chi connectivity index (χ1n) is 5.30. The molecular formula is C12H10ClFIN3. The van der Waals surface area contributed by atoms with Gasteiger partial charge in [0, 0.05) is 5.56 Å². The maximum Gasteiger partial charge on any atom is 0.163 e. The van der Waals surface area contributed by atoms with E-state index in [1.165, 1.54) is 12.1 Å². The van der Waals surface area contributed by atoms with E-state index in [0.717, 1.165) is 15.7 Å². The molecule has 0 saturated heterocycles. The van der Waals surface area contributed by atoms with Gasteiger partial charge >= 0.3 is 0 Å². The van der Waals surface area contributed by atoms with Gasteiger partial charge < -0.3 is 5.73 Å². The summed E-state index contributed by atoms with van der Waals surface area (Å²) in [6.07, 6.45) is 0.747. The van der Waals surface area contributed by atoms with Gasteiger partial charge in [0.2, 0.25) is 0 Å². The summed E-state index contributed by atoms with van der Waals surface area (Å²) in [5, 5.41) is 0.276. The molecule has 2 aromatic rings. The highest BCUT2D eigenvalue weighted by molar-refractivity contribution is 14.1. The van der Waals surface area contributed by atoms with Gasteiger partial charge in [-0.25, -0.2) is 14.4 Å². The van der Waals surface area contributed by atoms with E-state index < -0.39 is 5.82 Å². The third-order valence-electron chi connectivity index (χ3n) is 2.45. The SMILES string of the molecule is CCc1nc(-c2ccc(F)cc2Cl)nc(N)c1I. The van der Waals surface area contributed by atoms with Crippen molar-refractivity contribution < 1.29 is 4.39 Å². The molecule has 0 spiro atoms. The standard InChI is InChI=1S/C12H10ClFIN3/c1-2-9-10(15)11(16)18-12(17-9)7-4-3-6(14)5-8(7)13/h3-5H,2H2,1H3,(H2,16,17,18). The van der Waals surface area contributed by atoms with Crippen molar-refractivity contribution in [2.75, 3.05) is 5.73 Å². The molecule has 0 aliphatic carbocycles. The maximum absolute atomic E-state index is 13.0. The zero-order valence-electron chi connectivity index (χ0n) is 9.54. The van der Waals surface area contributed by atoms with E-state index in [0.29, 0.717) is 17.2 Å². The minimum absolute atomic E-state index is 0.276. The second kappa shape index (κ2) is 5.36. The van der Waals surface area contributed by atoms with Crippen LogP contribution in [-0.4, -0.2) is 9.97 Å². The van der Waals surface area contributed by atoms with E-state index in [2.05, 4.69) is 32.6 Å². The van der Waals surface area contributed by atoms with Crippen molar-refractivity contribution in [1.29, 1.82) is 0 Å². The number of nitrogens with two attached hydrogens (primary N) is 1. The Hall–Kier alpha value is -0.950. The molecule has 1 aromatic heterocycles. The number of hydrogen-bond acceptors (Lipinski definition) is 3. The largest absolute Gasteiger partial charge is 0.383 e. The van der Waals surface area contributed by atoms with Crippen LogP contribution in [0.3, 0.4) is 0 Å². The van der Waals surface area contributed by atoms with Crippen LogP contribution in [0.1, 0.15) is 12.6 Å². The van der Waals surface area contributed by atoms with Gasteiger partial charge in [-0.3, -0.25) is 0 Å². The highest BCUT2D eigenvalue weighted by Gasteiger charge is 2.13. The smallest absolute Gasteiger partial charge is 0.163 e. The summed E-state index contributed by atoms with van der Waals surface area (Å²) >= 11 is 8.10. The Bertz CT molecular complexity index is 604. The van der Waals surface area contributed by atoms with E-state index in [1.807, 2.05) is 6.92 Å². The highest BCUT2D eigenvalue weighted by Crippen LogP contribution is 2.28. The van der Waals surface area contributed by atoms with Crippen LogP contribution in [0.5, 0.6) is 0 Å². The summed E-state index contributed by atoms with van der Waals surface area (Å²) in [6.45, 7) is 1.99. The lowest BCUT2D eigenvalue weighted by Crippen LogP contribution is -2.04. The van der Waals surface area contributed by atoms with Crippen LogP contribution < -0.4 is 5.73 Å². The van der Waals surface area contributed by atoms with Crippen molar-refractivity contribution in [1.82, 2.24) is 9.97 Å². The molecule has 0 amide bonds. The van der Waals surface area contributed by atoms with Crippen LogP contribution >= 0.6 is 34.2 Å². The number of benzene rings is 1. The Morgan fingerprint density at radius 2 is 2.11 bits per heavy atom. The molecule has 0 saturated carbocycles. The average Bonchev–Trinajstić information content (AvgIpc) is 2.32. The summed E-state index contributed by atoms with van der Waals surface area (Å²) in [5.74, 6) is 0.450. The molecule has 0 atom stereocenters. The first-order chi connectivity index (χ1) is 8.52. The van der Waals surface area contributed by atoms with Crippen molar-refractivity contribution in [2.45, 2.75) is 13.3 Å². The summed E-state index contributed by atoms with van der Waals surface area (Å²) in [5.41, 5.74) is 7.28. The first-order valence-corrected chi connectivity index (χ1v) is 6.76. The number of aryl methyl sites for hydroxylation is 1. The number of rotatable bonds is 2. The average molecular weight is 378 g/mol. The molecule has 0 radical (unpaired) electrons. The van der Waals surface area contributed by atoms with Gasteiger partial charge in [-0.1, -0.05) is 18.5 Å². The number of nitrogens with zero attached hydrogens (tertiary/aromatic N) is 2. The number of anilines is 1. The third kappa shape index (κ3) is 2.56. The Morgan fingerprint density at radius 1 is 1.39 bits per heavy atom. The van der Waals surface area contributed by atoms with Gasteiger partial charge in [0.25, 0.3) is 0 Å². The Morgan fingerprint density at radius 3 is 2.72 bits per heavy atom. The molecule has 3 nitrogen and oxygen atoms in total. The third-order valence-corrected chi connectivity index (χ3v) is 3.94. The molecule has 2 N–H and O–H groups in total. The lowest BCUT2D eigenvalue weighted by Gasteiger charge is -2.08. The van der Waals surface area contributed by atoms with E-state index in [1.54, 1.807) is 6.07 Å². The minimum atomic E-state index is -0.391. The summed E-state index contributed by atoms with van der Waals surface area (Å²) in [7, 11) is 0. The first kappa shape index (κ1) is 13.5. The van der Waals surface area contributed by atoms with Crippen LogP contribution in [0, 0.1) is 9.39 Å². The molecule has 94 valence electrons. The second-order valence-electron chi connectivity index (χ2n) is 3.67. The molecule has 1 heterocycles. The lowest BCUT2D eigenvalue weighted by molar-refractivity contribution is 0.628. The Balaban J connectivity index is 2.60. The fraction of sp³-hybridized carbons (Fsp3) is 0.167. The number of halogens is 3. The molecule has 1 aromatic carbocycles. The molecule has 6 heteroatoms. The van der Waals surface area contributed by atoms with Crippen LogP contribution in [-0.2, 0) is 6.42 Å². The summed E-state index contributed by atoms with van der Waals surface area (Å²) in [6, 6.07) is 4.11. The highest BCUT2D eigenvalue weighted by atomic mass is 127. The fourth-order valence-corrected chi connectivity index (χ4v) is 2.41. The van der Waals surface area contributed by atoms with Gasteiger partial charge in [0.15, 0.2) is 5.82 Å². The Labute approximate surface area is 123 Å². The molecule has 2 rings (SSSR count). The van der Waals surface area contributed by atoms with Crippen molar-refractivity contribution in [3.05, 3.63) is 38.3 Å². The zero-order valence-corrected chi connectivity index (χ0v) is 12.5. The van der Waals surface area contributed by atoms with Crippen molar-refractivity contribution in [3.63, 3.8) is 0 Å². The van der Waals surface area contributed by atoms with Crippen LogP contribution in [0.2, 0.25) is 5.02 Å². The van der Waals surface area contributed by atoms with Crippen LogP contribution in [0.25, 0.3) is 11.4 Å². The van der Waals surface area contributed by atoms with Gasteiger partial charge in [-0.05, 0) is 47.2 Å². The topological polar surface area (TPSA) is 51.8 Å². The number of aromatic nitrogens is 2. The summed E-state index contributed by atoms with van der Waals surface area (Å²) < 4.78 is 13.8. The lowest BCUT2D eigenvalue weighted by atomic mass is 10.2. The maximum atomic E-state index is 13.0. The number of nitrogen functional groups attached to an aromatic ring is 1. The monoisotopic (exact) mass is 377 g/mol. The van der Waals surface area contributed by atoms with E-state index in [4.69, 9.17) is 17.3 Å². The predicted octanol–water partition coefficient (Wildman–Crippen LogP) is 3.69. The van der Waals surface area contributed by atoms with Gasteiger partial charge in [-0.2, -0.15) is 0 Å². The zero-order chi connectivity index (χ0) is 13.3. The predicted molar refractivity (Wildman–Crippen MR) is 78.9 cm³/mol. The molecule has 0 bridgehead atoms. The molecule has 0 aliphatic rings. The fourth-order valence-electron chi connectivity index (χ4n) is 1.54. The van der Waals surface area contributed by atoms with Crippen molar-refractivity contribution in [3.8, 4) is 11.4 Å². The second-order valence-corrected chi connectivity index (χ2v) is 5.16.